The average Bonchev–Trinajstić information content (AvgIpc) is 3.56. The fraction of sp³-hybridized carbons (Fsp3) is 0.0189. The highest BCUT2D eigenvalue weighted by atomic mass is 14.9. The van der Waals surface area contributed by atoms with Crippen LogP contribution in [0, 0.1) is 0 Å². The van der Waals surface area contributed by atoms with Gasteiger partial charge < -0.3 is 0 Å². The van der Waals surface area contributed by atoms with Crippen molar-refractivity contribution in [2.24, 2.45) is 0 Å². The van der Waals surface area contributed by atoms with Gasteiger partial charge in [-0.15, -0.1) is 0 Å². The Morgan fingerprint density at radius 3 is 1.82 bits per heavy atom. The highest BCUT2D eigenvalue weighted by Gasteiger charge is 2.14. The van der Waals surface area contributed by atoms with E-state index in [0.717, 1.165) is 40.1 Å². The van der Waals surface area contributed by atoms with E-state index in [-0.39, 0.29) is 0 Å². The Kier molecular flexibility index (Phi) is 8.27. The van der Waals surface area contributed by atoms with Gasteiger partial charge in [0.15, 0.2) is 5.82 Å². The van der Waals surface area contributed by atoms with Crippen molar-refractivity contribution >= 4 is 37.9 Å². The molecule has 0 fully saturated rings. The van der Waals surface area contributed by atoms with Gasteiger partial charge in [0.1, 0.15) is 0 Å². The number of aromatic nitrogens is 2. The maximum Gasteiger partial charge on any atom is 0.160 e. The third-order valence-corrected chi connectivity index (χ3v) is 10.7. The minimum Gasteiger partial charge on any atom is -0.228 e. The zero-order valence-corrected chi connectivity index (χ0v) is 30.2. The van der Waals surface area contributed by atoms with Gasteiger partial charge in [0.25, 0.3) is 0 Å². The second-order valence-corrected chi connectivity index (χ2v) is 14.1. The fourth-order valence-corrected chi connectivity index (χ4v) is 7.89. The van der Waals surface area contributed by atoms with Crippen LogP contribution in [0.1, 0.15) is 12.0 Å². The first kappa shape index (κ1) is 32.5. The van der Waals surface area contributed by atoms with Gasteiger partial charge in [-0.05, 0) is 90.3 Å². The van der Waals surface area contributed by atoms with Gasteiger partial charge in [-0.25, -0.2) is 9.97 Å². The van der Waals surface area contributed by atoms with Gasteiger partial charge in [-0.1, -0.05) is 188 Å². The Bertz CT molecular complexity index is 2980. The molecule has 0 amide bonds. The molecule has 0 N–H and O–H groups in total. The van der Waals surface area contributed by atoms with Crippen LogP contribution < -0.4 is 0 Å². The Morgan fingerprint density at radius 1 is 0.364 bits per heavy atom. The lowest BCUT2D eigenvalue weighted by Crippen LogP contribution is -1.96. The molecule has 2 nitrogen and oxygen atoms in total. The SMILES string of the molecule is C1=CCC=CC(c2ccc(-c3cc(-c4cccc(-c5cc6ccccc6c6ccccc56)c4)nc(-c4ccc(-c5cccc6ccccc56)cc4)n3)cc2)=C1. The molecule has 0 unspecified atom stereocenters. The summed E-state index contributed by atoms with van der Waals surface area (Å²) in [5.41, 5.74) is 12.0. The molecule has 55 heavy (non-hydrogen) atoms. The Balaban J connectivity index is 1.09. The minimum absolute atomic E-state index is 0.696. The third kappa shape index (κ3) is 6.24. The first-order chi connectivity index (χ1) is 27.2. The zero-order chi connectivity index (χ0) is 36.6. The summed E-state index contributed by atoms with van der Waals surface area (Å²) in [6, 6.07) is 63.1. The number of benzene rings is 8. The van der Waals surface area contributed by atoms with Crippen LogP contribution in [-0.4, -0.2) is 9.97 Å². The molecule has 1 aliphatic carbocycles. The largest absolute Gasteiger partial charge is 0.228 e. The lowest BCUT2D eigenvalue weighted by molar-refractivity contribution is 1.18. The number of fused-ring (bicyclic) bond motifs is 4. The van der Waals surface area contributed by atoms with Crippen LogP contribution in [0.4, 0.5) is 0 Å². The number of hydrogen-bond acceptors (Lipinski definition) is 2. The molecule has 0 atom stereocenters. The summed E-state index contributed by atoms with van der Waals surface area (Å²) in [6.07, 6.45) is 11.8. The van der Waals surface area contributed by atoms with E-state index >= 15 is 0 Å². The van der Waals surface area contributed by atoms with Crippen LogP contribution in [0.3, 0.4) is 0 Å². The predicted molar refractivity (Wildman–Crippen MR) is 233 cm³/mol. The maximum absolute atomic E-state index is 5.26. The topological polar surface area (TPSA) is 25.8 Å². The van der Waals surface area contributed by atoms with Crippen molar-refractivity contribution in [3.63, 3.8) is 0 Å². The summed E-state index contributed by atoms with van der Waals surface area (Å²) in [6.45, 7) is 0. The van der Waals surface area contributed by atoms with Crippen LogP contribution >= 0.6 is 0 Å². The molecule has 0 aliphatic heterocycles. The van der Waals surface area contributed by atoms with Gasteiger partial charge in [-0.3, -0.25) is 0 Å². The molecule has 0 bridgehead atoms. The molecule has 1 heterocycles. The standard InChI is InChI=1S/C53H36N2/c1-2-4-14-36(13-3-1)37-25-29-40(30-26-37)51-35-52(55-53(54-51)41-31-27-39(28-32-41)46-24-12-17-38-15-5-7-20-45(38)46)44-19-11-18-42(33-44)50-34-43-16-6-8-21-47(43)48-22-9-10-23-49(48)50/h1,3-35H,2H2. The summed E-state index contributed by atoms with van der Waals surface area (Å²) in [7, 11) is 0. The number of rotatable bonds is 6. The van der Waals surface area contributed by atoms with E-state index in [9.17, 15) is 0 Å². The van der Waals surface area contributed by atoms with Crippen molar-refractivity contribution < 1.29 is 0 Å². The molecule has 10 rings (SSSR count). The van der Waals surface area contributed by atoms with Gasteiger partial charge in [0.05, 0.1) is 11.4 Å². The van der Waals surface area contributed by atoms with E-state index in [1.54, 1.807) is 0 Å². The number of nitrogens with zero attached hydrogens (tertiary/aromatic N) is 2. The molecular weight excluding hydrogens is 665 g/mol. The van der Waals surface area contributed by atoms with Gasteiger partial charge in [0, 0.05) is 16.7 Å². The van der Waals surface area contributed by atoms with E-state index in [2.05, 4.69) is 206 Å². The molecule has 0 radical (unpaired) electrons. The predicted octanol–water partition coefficient (Wildman–Crippen LogP) is 14.2. The zero-order valence-electron chi connectivity index (χ0n) is 30.2. The first-order valence-electron chi connectivity index (χ1n) is 18.9. The molecule has 1 aliphatic rings. The normalized spacial score (nSPS) is 12.6. The second kappa shape index (κ2) is 14.0. The van der Waals surface area contributed by atoms with E-state index in [4.69, 9.17) is 9.97 Å². The summed E-state index contributed by atoms with van der Waals surface area (Å²) in [5.74, 6) is 0.696. The van der Waals surface area contributed by atoms with Gasteiger partial charge in [-0.2, -0.15) is 0 Å². The summed E-state index contributed by atoms with van der Waals surface area (Å²) >= 11 is 0. The quantitative estimate of drug-likeness (QED) is 0.161. The Hall–Kier alpha value is -7.16. The lowest BCUT2D eigenvalue weighted by Gasteiger charge is -2.13. The number of allylic oxidation sites excluding steroid dienone is 6. The van der Waals surface area contributed by atoms with Crippen molar-refractivity contribution in [3.05, 3.63) is 212 Å². The molecule has 8 aromatic carbocycles. The molecule has 1 aromatic heterocycles. The molecule has 0 spiro atoms. The van der Waals surface area contributed by atoms with Crippen molar-refractivity contribution in [3.8, 4) is 56.2 Å². The van der Waals surface area contributed by atoms with Crippen molar-refractivity contribution in [1.29, 1.82) is 0 Å². The smallest absolute Gasteiger partial charge is 0.160 e. The van der Waals surface area contributed by atoms with Gasteiger partial charge >= 0.3 is 0 Å². The maximum atomic E-state index is 5.26. The fourth-order valence-electron chi connectivity index (χ4n) is 7.89. The summed E-state index contributed by atoms with van der Waals surface area (Å²) in [4.78, 5) is 10.5. The molecular formula is C53H36N2. The Morgan fingerprint density at radius 2 is 0.982 bits per heavy atom. The van der Waals surface area contributed by atoms with Crippen LogP contribution in [0.5, 0.6) is 0 Å². The molecule has 0 saturated heterocycles. The Labute approximate surface area is 321 Å². The van der Waals surface area contributed by atoms with Crippen molar-refractivity contribution in [2.45, 2.75) is 6.42 Å². The number of hydrogen-bond donors (Lipinski definition) is 0. The van der Waals surface area contributed by atoms with Crippen LogP contribution in [-0.2, 0) is 0 Å². The van der Waals surface area contributed by atoms with Crippen LogP contribution in [0.25, 0.3) is 94.0 Å². The van der Waals surface area contributed by atoms with E-state index < -0.39 is 0 Å². The van der Waals surface area contributed by atoms with Crippen LogP contribution in [0.2, 0.25) is 0 Å². The second-order valence-electron chi connectivity index (χ2n) is 14.1. The summed E-state index contributed by atoms with van der Waals surface area (Å²) in [5, 5.41) is 7.47. The van der Waals surface area contributed by atoms with Crippen molar-refractivity contribution in [1.82, 2.24) is 9.97 Å². The van der Waals surface area contributed by atoms with Gasteiger partial charge in [0.2, 0.25) is 0 Å². The van der Waals surface area contributed by atoms with E-state index in [1.165, 1.54) is 60.1 Å². The van der Waals surface area contributed by atoms with E-state index in [1.807, 2.05) is 0 Å². The molecule has 2 heteroatoms. The monoisotopic (exact) mass is 700 g/mol. The van der Waals surface area contributed by atoms with E-state index in [0.29, 0.717) is 5.82 Å². The van der Waals surface area contributed by atoms with Crippen LogP contribution in [0.15, 0.2) is 206 Å². The highest BCUT2D eigenvalue weighted by Crippen LogP contribution is 2.37. The lowest BCUT2D eigenvalue weighted by atomic mass is 9.92. The molecule has 258 valence electrons. The summed E-state index contributed by atoms with van der Waals surface area (Å²) < 4.78 is 0. The van der Waals surface area contributed by atoms with Crippen molar-refractivity contribution in [2.75, 3.05) is 0 Å². The molecule has 0 saturated carbocycles. The highest BCUT2D eigenvalue weighted by molar-refractivity contribution is 6.13. The first-order valence-corrected chi connectivity index (χ1v) is 18.9. The average molecular weight is 701 g/mol. The molecule has 9 aromatic rings. The third-order valence-electron chi connectivity index (χ3n) is 10.7. The minimum atomic E-state index is 0.696.